The van der Waals surface area contributed by atoms with Crippen LogP contribution in [0.15, 0.2) is 40.1 Å². The number of nitrogens with zero attached hydrogens (tertiary/aromatic N) is 1. The minimum atomic E-state index is -4.34. The molecule has 4 rings (SSSR count). The summed E-state index contributed by atoms with van der Waals surface area (Å²) in [5.41, 5.74) is 8.75. The largest absolute Gasteiger partial charge is 0.416 e. The van der Waals surface area contributed by atoms with Gasteiger partial charge in [-0.2, -0.15) is 13.2 Å². The average Bonchev–Trinajstić information content (AvgIpc) is 2.59. The van der Waals surface area contributed by atoms with Gasteiger partial charge in [0.1, 0.15) is 0 Å². The standard InChI is InChI=1S/C19H20F3N3S/c1-11-8-12(19(20,21)22)9-17-18(11)24-15-3-2-14(10-16(15)26-17)25-6-4-13(23)5-7-25/h2-3,8-10,13,24H,4-7,23H2,1H3. The second-order valence-electron chi connectivity index (χ2n) is 6.90. The number of nitrogens with two attached hydrogens (primary N) is 1. The molecule has 2 aromatic carbocycles. The Balaban J connectivity index is 1.65. The van der Waals surface area contributed by atoms with E-state index in [0.29, 0.717) is 10.5 Å². The number of hydrogen-bond donors (Lipinski definition) is 2. The van der Waals surface area contributed by atoms with Gasteiger partial charge in [-0.25, -0.2) is 0 Å². The molecule has 0 radical (unpaired) electrons. The molecule has 1 fully saturated rings. The lowest BCUT2D eigenvalue weighted by Crippen LogP contribution is -2.39. The predicted octanol–water partition coefficient (Wildman–Crippen LogP) is 5.15. The first-order valence-corrected chi connectivity index (χ1v) is 9.44. The van der Waals surface area contributed by atoms with Gasteiger partial charge in [-0.1, -0.05) is 11.8 Å². The lowest BCUT2D eigenvalue weighted by molar-refractivity contribution is -0.137. The van der Waals surface area contributed by atoms with Crippen LogP contribution in [0.1, 0.15) is 24.0 Å². The maximum absolute atomic E-state index is 13.1. The molecule has 2 aliphatic heterocycles. The number of nitrogens with one attached hydrogen (secondary N) is 1. The van der Waals surface area contributed by atoms with Crippen molar-refractivity contribution >= 4 is 28.8 Å². The van der Waals surface area contributed by atoms with Crippen molar-refractivity contribution < 1.29 is 13.2 Å². The molecule has 3 nitrogen and oxygen atoms in total. The molecule has 0 bridgehead atoms. The van der Waals surface area contributed by atoms with Gasteiger partial charge in [-0.3, -0.25) is 0 Å². The van der Waals surface area contributed by atoms with E-state index in [9.17, 15) is 13.2 Å². The monoisotopic (exact) mass is 379 g/mol. The van der Waals surface area contributed by atoms with E-state index in [1.807, 2.05) is 6.07 Å². The van der Waals surface area contributed by atoms with Crippen molar-refractivity contribution in [1.29, 1.82) is 0 Å². The molecule has 2 aliphatic rings. The van der Waals surface area contributed by atoms with Crippen LogP contribution in [0, 0.1) is 6.92 Å². The van der Waals surface area contributed by atoms with Crippen LogP contribution >= 0.6 is 11.8 Å². The topological polar surface area (TPSA) is 41.3 Å². The zero-order valence-corrected chi connectivity index (χ0v) is 15.2. The van der Waals surface area contributed by atoms with Crippen molar-refractivity contribution in [3.8, 4) is 0 Å². The summed E-state index contributed by atoms with van der Waals surface area (Å²) in [4.78, 5) is 3.85. The fraction of sp³-hybridized carbons (Fsp3) is 0.368. The van der Waals surface area contributed by atoms with E-state index in [0.717, 1.165) is 47.9 Å². The number of piperidine rings is 1. The van der Waals surface area contributed by atoms with E-state index in [1.165, 1.54) is 23.9 Å². The summed E-state index contributed by atoms with van der Waals surface area (Å²) in [6.45, 7) is 3.52. The highest BCUT2D eigenvalue weighted by molar-refractivity contribution is 7.99. The van der Waals surface area contributed by atoms with Crippen LogP contribution in [0.2, 0.25) is 0 Å². The summed E-state index contributed by atoms with van der Waals surface area (Å²) < 4.78 is 39.4. The van der Waals surface area contributed by atoms with Gasteiger partial charge in [0.15, 0.2) is 0 Å². The Labute approximate surface area is 154 Å². The quantitative estimate of drug-likeness (QED) is 0.614. The Morgan fingerprint density at radius 3 is 2.54 bits per heavy atom. The molecule has 0 spiro atoms. The lowest BCUT2D eigenvalue weighted by atomic mass is 10.1. The van der Waals surface area contributed by atoms with E-state index < -0.39 is 11.7 Å². The third-order valence-corrected chi connectivity index (χ3v) is 6.08. The Bertz CT molecular complexity index is 843. The molecule has 0 saturated carbocycles. The molecule has 3 N–H and O–H groups in total. The van der Waals surface area contributed by atoms with E-state index >= 15 is 0 Å². The van der Waals surface area contributed by atoms with Crippen LogP contribution in [0.5, 0.6) is 0 Å². The third kappa shape index (κ3) is 3.25. The lowest BCUT2D eigenvalue weighted by Gasteiger charge is -2.33. The highest BCUT2D eigenvalue weighted by atomic mass is 32.2. The Hall–Kier alpha value is -1.86. The van der Waals surface area contributed by atoms with Gasteiger partial charge < -0.3 is 16.0 Å². The maximum Gasteiger partial charge on any atom is 0.416 e. The molecular formula is C19H20F3N3S. The number of anilines is 3. The van der Waals surface area contributed by atoms with Crippen molar-refractivity contribution in [3.05, 3.63) is 41.5 Å². The normalized spacial score (nSPS) is 17.5. The minimum Gasteiger partial charge on any atom is -0.371 e. The zero-order chi connectivity index (χ0) is 18.5. The molecule has 0 unspecified atom stereocenters. The van der Waals surface area contributed by atoms with Crippen molar-refractivity contribution in [1.82, 2.24) is 0 Å². The predicted molar refractivity (Wildman–Crippen MR) is 99.5 cm³/mol. The molecule has 0 aliphatic carbocycles. The summed E-state index contributed by atoms with van der Waals surface area (Å²) in [6, 6.07) is 8.82. The van der Waals surface area contributed by atoms with Gasteiger partial charge in [-0.15, -0.1) is 0 Å². The first kappa shape index (κ1) is 17.5. The van der Waals surface area contributed by atoms with E-state index in [2.05, 4.69) is 22.3 Å². The zero-order valence-electron chi connectivity index (χ0n) is 14.4. The van der Waals surface area contributed by atoms with Gasteiger partial charge in [-0.05, 0) is 55.7 Å². The van der Waals surface area contributed by atoms with Gasteiger partial charge >= 0.3 is 6.18 Å². The second kappa shape index (κ2) is 6.39. The van der Waals surface area contributed by atoms with Gasteiger partial charge in [0.05, 0.1) is 16.9 Å². The summed E-state index contributed by atoms with van der Waals surface area (Å²) >= 11 is 1.39. The van der Waals surface area contributed by atoms with Crippen LogP contribution in [-0.4, -0.2) is 19.1 Å². The third-order valence-electron chi connectivity index (χ3n) is 4.98. The second-order valence-corrected chi connectivity index (χ2v) is 7.98. The SMILES string of the molecule is Cc1cc(C(F)(F)F)cc2c1Nc1ccc(N3CCC(N)CC3)cc1S2. The molecule has 138 valence electrons. The average molecular weight is 379 g/mol. The molecule has 0 aromatic heterocycles. The van der Waals surface area contributed by atoms with Crippen molar-refractivity contribution in [2.75, 3.05) is 23.3 Å². The molecule has 0 atom stereocenters. The van der Waals surface area contributed by atoms with Crippen LogP contribution in [-0.2, 0) is 6.18 Å². The first-order valence-electron chi connectivity index (χ1n) is 8.62. The smallest absolute Gasteiger partial charge is 0.371 e. The molecule has 7 heteroatoms. The summed E-state index contributed by atoms with van der Waals surface area (Å²) in [6.07, 6.45) is -2.42. The summed E-state index contributed by atoms with van der Waals surface area (Å²) in [5, 5.41) is 3.30. The minimum absolute atomic E-state index is 0.260. The molecule has 2 aromatic rings. The van der Waals surface area contributed by atoms with E-state index in [4.69, 9.17) is 5.73 Å². The van der Waals surface area contributed by atoms with Crippen molar-refractivity contribution in [3.63, 3.8) is 0 Å². The summed E-state index contributed by atoms with van der Waals surface area (Å²) in [5.74, 6) is 0. The molecular weight excluding hydrogens is 359 g/mol. The Kier molecular flexibility index (Phi) is 4.31. The van der Waals surface area contributed by atoms with Crippen LogP contribution in [0.3, 0.4) is 0 Å². The fourth-order valence-corrected chi connectivity index (χ4v) is 4.61. The van der Waals surface area contributed by atoms with Crippen LogP contribution in [0.25, 0.3) is 0 Å². The number of fused-ring (bicyclic) bond motifs is 2. The van der Waals surface area contributed by atoms with E-state index in [-0.39, 0.29) is 6.04 Å². The van der Waals surface area contributed by atoms with Crippen molar-refractivity contribution in [2.45, 2.75) is 41.8 Å². The number of aryl methyl sites for hydroxylation is 1. The summed E-state index contributed by atoms with van der Waals surface area (Å²) in [7, 11) is 0. The van der Waals surface area contributed by atoms with Crippen LogP contribution in [0.4, 0.5) is 30.2 Å². The Morgan fingerprint density at radius 2 is 1.85 bits per heavy atom. The van der Waals surface area contributed by atoms with Gasteiger partial charge in [0, 0.05) is 34.6 Å². The number of benzene rings is 2. The molecule has 26 heavy (non-hydrogen) atoms. The first-order chi connectivity index (χ1) is 12.3. The van der Waals surface area contributed by atoms with Crippen molar-refractivity contribution in [2.24, 2.45) is 5.73 Å². The highest BCUT2D eigenvalue weighted by Crippen LogP contribution is 2.48. The number of hydrogen-bond acceptors (Lipinski definition) is 4. The highest BCUT2D eigenvalue weighted by Gasteiger charge is 2.33. The van der Waals surface area contributed by atoms with E-state index in [1.54, 1.807) is 6.92 Å². The Morgan fingerprint density at radius 1 is 1.12 bits per heavy atom. The molecule has 0 amide bonds. The number of rotatable bonds is 1. The maximum atomic E-state index is 13.1. The molecule has 2 heterocycles. The molecule has 1 saturated heterocycles. The fourth-order valence-electron chi connectivity index (χ4n) is 3.47. The van der Waals surface area contributed by atoms with Gasteiger partial charge in [0.2, 0.25) is 0 Å². The van der Waals surface area contributed by atoms with Gasteiger partial charge in [0.25, 0.3) is 0 Å². The number of halogens is 3. The van der Waals surface area contributed by atoms with Crippen LogP contribution < -0.4 is 16.0 Å². The number of alkyl halides is 3.